The highest BCUT2D eigenvalue weighted by atomic mass is 16.5. The van der Waals surface area contributed by atoms with Gasteiger partial charge < -0.3 is 8.94 Å². The molecule has 3 aromatic heterocycles. The van der Waals surface area contributed by atoms with E-state index >= 15 is 0 Å². The smallest absolute Gasteiger partial charge is 0.238 e. The summed E-state index contributed by atoms with van der Waals surface area (Å²) in [5.74, 6) is 2.14. The van der Waals surface area contributed by atoms with Crippen molar-refractivity contribution >= 4 is 0 Å². The molecule has 4 rings (SSSR count). The highest BCUT2D eigenvalue weighted by molar-refractivity contribution is 5.44. The molecule has 6 heteroatoms. The van der Waals surface area contributed by atoms with E-state index in [-0.39, 0.29) is 0 Å². The quantitative estimate of drug-likeness (QED) is 0.731. The van der Waals surface area contributed by atoms with Crippen LogP contribution in [0, 0.1) is 0 Å². The van der Waals surface area contributed by atoms with Crippen LogP contribution in [0.2, 0.25) is 0 Å². The van der Waals surface area contributed by atoms with Crippen LogP contribution in [0.15, 0.2) is 51.9 Å². The Kier molecular flexibility index (Phi) is 3.01. The Balaban J connectivity index is 1.38. The first-order valence-corrected chi connectivity index (χ1v) is 6.87. The van der Waals surface area contributed by atoms with E-state index in [1.165, 1.54) is 5.56 Å². The summed E-state index contributed by atoms with van der Waals surface area (Å²) < 4.78 is 10.6. The third kappa shape index (κ3) is 2.45. The molecule has 0 amide bonds. The molecule has 6 nitrogen and oxygen atoms in total. The van der Waals surface area contributed by atoms with Gasteiger partial charge in [-0.2, -0.15) is 4.98 Å². The number of rotatable bonds is 4. The Morgan fingerprint density at radius 1 is 1.24 bits per heavy atom. The highest BCUT2D eigenvalue weighted by Gasteiger charge is 2.32. The van der Waals surface area contributed by atoms with Crippen molar-refractivity contribution in [3.05, 3.63) is 54.4 Å². The van der Waals surface area contributed by atoms with Gasteiger partial charge in [-0.15, -0.1) is 0 Å². The van der Waals surface area contributed by atoms with Gasteiger partial charge in [-0.05, 0) is 23.8 Å². The molecule has 1 aliphatic heterocycles. The maximum atomic E-state index is 5.33. The fraction of sp³-hybridized carbons (Fsp3) is 0.267. The number of pyridine rings is 1. The summed E-state index contributed by atoms with van der Waals surface area (Å²) >= 11 is 0. The fourth-order valence-electron chi connectivity index (χ4n) is 2.51. The average Bonchev–Trinajstić information content (AvgIpc) is 3.14. The minimum atomic E-state index is 0.304. The first-order chi connectivity index (χ1) is 10.4. The molecule has 0 spiro atoms. The number of nitrogens with zero attached hydrogens (tertiary/aromatic N) is 4. The van der Waals surface area contributed by atoms with Gasteiger partial charge in [-0.25, -0.2) is 0 Å². The van der Waals surface area contributed by atoms with Crippen LogP contribution in [0.4, 0.5) is 0 Å². The summed E-state index contributed by atoms with van der Waals surface area (Å²) in [5.41, 5.74) is 1.22. The van der Waals surface area contributed by atoms with E-state index < -0.39 is 0 Å². The molecular weight excluding hydrogens is 268 g/mol. The number of likely N-dealkylation sites (tertiary alicyclic amines) is 1. The van der Waals surface area contributed by atoms with E-state index in [1.807, 2.05) is 24.4 Å². The van der Waals surface area contributed by atoms with Gasteiger partial charge in [-0.3, -0.25) is 9.88 Å². The lowest BCUT2D eigenvalue weighted by atomic mass is 9.99. The second-order valence-corrected chi connectivity index (χ2v) is 5.19. The van der Waals surface area contributed by atoms with Crippen molar-refractivity contribution < 1.29 is 8.94 Å². The third-order valence-electron chi connectivity index (χ3n) is 3.62. The Morgan fingerprint density at radius 3 is 2.95 bits per heavy atom. The first kappa shape index (κ1) is 12.3. The van der Waals surface area contributed by atoms with Gasteiger partial charge in [0.1, 0.15) is 0 Å². The standard InChI is InChI=1S/C15H14N4O2/c1-3-11(7-16-5-1)8-19-9-12(10-19)15-17-14(18-21-15)13-4-2-6-20-13/h1-7,12H,8-10H2. The summed E-state index contributed by atoms with van der Waals surface area (Å²) in [5, 5.41) is 3.96. The molecule has 0 saturated carbocycles. The lowest BCUT2D eigenvalue weighted by Gasteiger charge is -2.36. The second kappa shape index (κ2) is 5.14. The number of hydrogen-bond donors (Lipinski definition) is 0. The van der Waals surface area contributed by atoms with Gasteiger partial charge in [0.15, 0.2) is 5.76 Å². The summed E-state index contributed by atoms with van der Waals surface area (Å²) in [6.45, 7) is 2.76. The van der Waals surface area contributed by atoms with Gasteiger partial charge in [0, 0.05) is 32.0 Å². The van der Waals surface area contributed by atoms with Crippen molar-refractivity contribution in [2.24, 2.45) is 0 Å². The molecule has 1 saturated heterocycles. The SMILES string of the molecule is c1cncc(CN2CC(c3nc(-c4ccco4)no3)C2)c1. The molecule has 0 bridgehead atoms. The van der Waals surface area contributed by atoms with Gasteiger partial charge in [0.2, 0.25) is 11.7 Å². The Morgan fingerprint density at radius 2 is 2.19 bits per heavy atom. The zero-order chi connectivity index (χ0) is 14.1. The minimum absolute atomic E-state index is 0.304. The van der Waals surface area contributed by atoms with E-state index in [4.69, 9.17) is 8.94 Å². The van der Waals surface area contributed by atoms with Crippen molar-refractivity contribution in [3.8, 4) is 11.6 Å². The largest absolute Gasteiger partial charge is 0.461 e. The maximum Gasteiger partial charge on any atom is 0.238 e. The molecule has 3 aromatic rings. The number of furan rings is 1. The van der Waals surface area contributed by atoms with Crippen LogP contribution >= 0.6 is 0 Å². The summed E-state index contributed by atoms with van der Waals surface area (Å²) in [7, 11) is 0. The van der Waals surface area contributed by atoms with Crippen molar-refractivity contribution in [2.75, 3.05) is 13.1 Å². The van der Waals surface area contributed by atoms with Crippen LogP contribution in [-0.4, -0.2) is 33.1 Å². The van der Waals surface area contributed by atoms with Gasteiger partial charge in [-0.1, -0.05) is 11.2 Å². The molecule has 4 heterocycles. The van der Waals surface area contributed by atoms with Crippen LogP contribution in [0.1, 0.15) is 17.4 Å². The van der Waals surface area contributed by atoms with Gasteiger partial charge >= 0.3 is 0 Å². The van der Waals surface area contributed by atoms with E-state index in [9.17, 15) is 0 Å². The van der Waals surface area contributed by atoms with Crippen LogP contribution < -0.4 is 0 Å². The summed E-state index contributed by atoms with van der Waals surface area (Å²) in [6.07, 6.45) is 5.29. The number of aromatic nitrogens is 3. The van der Waals surface area contributed by atoms with Crippen LogP contribution in [0.5, 0.6) is 0 Å². The topological polar surface area (TPSA) is 68.2 Å². The lowest BCUT2D eigenvalue weighted by Crippen LogP contribution is -2.44. The van der Waals surface area contributed by atoms with Crippen molar-refractivity contribution in [3.63, 3.8) is 0 Å². The van der Waals surface area contributed by atoms with E-state index in [1.54, 1.807) is 12.5 Å². The molecule has 0 aliphatic carbocycles. The molecule has 1 aliphatic rings. The molecule has 1 fully saturated rings. The van der Waals surface area contributed by atoms with E-state index in [0.717, 1.165) is 19.6 Å². The van der Waals surface area contributed by atoms with Crippen molar-refractivity contribution in [2.45, 2.75) is 12.5 Å². The predicted molar refractivity (Wildman–Crippen MR) is 74.3 cm³/mol. The molecular formula is C15H14N4O2. The normalized spacial score (nSPS) is 16.0. The zero-order valence-corrected chi connectivity index (χ0v) is 11.3. The molecule has 21 heavy (non-hydrogen) atoms. The third-order valence-corrected chi connectivity index (χ3v) is 3.62. The maximum absolute atomic E-state index is 5.33. The summed E-state index contributed by atoms with van der Waals surface area (Å²) in [4.78, 5) is 10.9. The number of hydrogen-bond acceptors (Lipinski definition) is 6. The molecule has 0 radical (unpaired) electrons. The minimum Gasteiger partial charge on any atom is -0.461 e. The Labute approximate surface area is 121 Å². The molecule has 0 atom stereocenters. The molecule has 106 valence electrons. The fourth-order valence-corrected chi connectivity index (χ4v) is 2.51. The zero-order valence-electron chi connectivity index (χ0n) is 11.3. The summed E-state index contributed by atoms with van der Waals surface area (Å²) in [6, 6.07) is 7.68. The van der Waals surface area contributed by atoms with Crippen LogP contribution in [0.25, 0.3) is 11.6 Å². The molecule has 0 aromatic carbocycles. The highest BCUT2D eigenvalue weighted by Crippen LogP contribution is 2.28. The van der Waals surface area contributed by atoms with Gasteiger partial charge in [0.25, 0.3) is 0 Å². The van der Waals surface area contributed by atoms with Crippen molar-refractivity contribution in [1.82, 2.24) is 20.0 Å². The van der Waals surface area contributed by atoms with Crippen LogP contribution in [-0.2, 0) is 6.54 Å². The van der Waals surface area contributed by atoms with E-state index in [2.05, 4.69) is 26.1 Å². The molecule has 0 N–H and O–H groups in total. The predicted octanol–water partition coefficient (Wildman–Crippen LogP) is 2.32. The Hall–Kier alpha value is -2.47. The van der Waals surface area contributed by atoms with Gasteiger partial charge in [0.05, 0.1) is 12.2 Å². The van der Waals surface area contributed by atoms with E-state index in [0.29, 0.717) is 23.4 Å². The monoisotopic (exact) mass is 282 g/mol. The second-order valence-electron chi connectivity index (χ2n) is 5.19. The average molecular weight is 282 g/mol. The van der Waals surface area contributed by atoms with Crippen LogP contribution in [0.3, 0.4) is 0 Å². The van der Waals surface area contributed by atoms with Crippen molar-refractivity contribution in [1.29, 1.82) is 0 Å². The Bertz CT molecular complexity index is 702. The lowest BCUT2D eigenvalue weighted by molar-refractivity contribution is 0.117. The first-order valence-electron chi connectivity index (χ1n) is 6.87. The molecule has 0 unspecified atom stereocenters.